The quantitative estimate of drug-likeness (QED) is 0.684. The van der Waals surface area contributed by atoms with E-state index >= 15 is 0 Å². The van der Waals surface area contributed by atoms with Gasteiger partial charge in [0, 0.05) is 30.3 Å². The van der Waals surface area contributed by atoms with Gasteiger partial charge >= 0.3 is 0 Å². The van der Waals surface area contributed by atoms with E-state index in [0.29, 0.717) is 18.9 Å². The maximum absolute atomic E-state index is 11.2. The highest BCUT2D eigenvalue weighted by atomic mass is 16.5. The third-order valence-electron chi connectivity index (χ3n) is 4.06. The molecular weight excluding hydrogens is 320 g/mol. The standard InChI is InChI=1S/C18H20N4O3/c1-12(23)16(22-10-15(18(19)24)21-11-22)6-7-25-17-8-13-4-2-3-5-14(13)9-20-17/h2-5,8-12,16,23H,6-7H2,1H3,(H2,19,24). The summed E-state index contributed by atoms with van der Waals surface area (Å²) < 4.78 is 7.41. The Morgan fingerprint density at radius 2 is 2.08 bits per heavy atom. The number of fused-ring (bicyclic) bond motifs is 1. The highest BCUT2D eigenvalue weighted by molar-refractivity contribution is 5.90. The van der Waals surface area contributed by atoms with Crippen molar-refractivity contribution in [3.8, 4) is 5.88 Å². The zero-order chi connectivity index (χ0) is 17.8. The number of carbonyl (C=O) groups excluding carboxylic acids is 1. The Bertz CT molecular complexity index is 875. The van der Waals surface area contributed by atoms with E-state index in [1.165, 1.54) is 12.5 Å². The average Bonchev–Trinajstić information content (AvgIpc) is 3.08. The van der Waals surface area contributed by atoms with Crippen molar-refractivity contribution in [3.05, 3.63) is 54.7 Å². The van der Waals surface area contributed by atoms with Crippen LogP contribution in [-0.2, 0) is 0 Å². The molecule has 3 aromatic rings. The van der Waals surface area contributed by atoms with Gasteiger partial charge in [-0.25, -0.2) is 9.97 Å². The molecule has 7 heteroatoms. The number of hydrogen-bond donors (Lipinski definition) is 2. The van der Waals surface area contributed by atoms with Gasteiger partial charge in [-0.1, -0.05) is 24.3 Å². The fourth-order valence-electron chi connectivity index (χ4n) is 2.71. The number of amides is 1. The molecule has 130 valence electrons. The van der Waals surface area contributed by atoms with Gasteiger partial charge in [0.2, 0.25) is 5.88 Å². The molecule has 0 fully saturated rings. The fraction of sp³-hybridized carbons (Fsp3) is 0.278. The van der Waals surface area contributed by atoms with Crippen LogP contribution in [0.3, 0.4) is 0 Å². The lowest BCUT2D eigenvalue weighted by atomic mass is 10.1. The summed E-state index contributed by atoms with van der Waals surface area (Å²) in [5.41, 5.74) is 5.38. The number of carbonyl (C=O) groups is 1. The first-order chi connectivity index (χ1) is 12.0. The summed E-state index contributed by atoms with van der Waals surface area (Å²) in [4.78, 5) is 19.4. The molecular formula is C18H20N4O3. The second-order valence-corrected chi connectivity index (χ2v) is 5.89. The lowest BCUT2D eigenvalue weighted by molar-refractivity contribution is 0.0993. The van der Waals surface area contributed by atoms with Crippen LogP contribution in [0.25, 0.3) is 10.8 Å². The molecule has 2 heterocycles. The number of hydrogen-bond acceptors (Lipinski definition) is 5. The van der Waals surface area contributed by atoms with Crippen molar-refractivity contribution in [1.29, 1.82) is 0 Å². The minimum atomic E-state index is -0.636. The molecule has 2 atom stereocenters. The number of aliphatic hydroxyl groups is 1. The number of aliphatic hydroxyl groups excluding tert-OH is 1. The Labute approximate surface area is 145 Å². The molecule has 0 spiro atoms. The minimum absolute atomic E-state index is 0.169. The summed E-state index contributed by atoms with van der Waals surface area (Å²) in [6, 6.07) is 9.52. The second kappa shape index (κ2) is 7.31. The van der Waals surface area contributed by atoms with E-state index in [-0.39, 0.29) is 11.7 Å². The first kappa shape index (κ1) is 16.9. The topological polar surface area (TPSA) is 103 Å². The smallest absolute Gasteiger partial charge is 0.268 e. The first-order valence-electron chi connectivity index (χ1n) is 8.03. The molecule has 25 heavy (non-hydrogen) atoms. The number of ether oxygens (including phenoxy) is 1. The van der Waals surface area contributed by atoms with Crippen molar-refractivity contribution in [3.63, 3.8) is 0 Å². The maximum atomic E-state index is 11.2. The number of nitrogens with zero attached hydrogens (tertiary/aromatic N) is 3. The van der Waals surface area contributed by atoms with Crippen molar-refractivity contribution in [2.45, 2.75) is 25.5 Å². The molecule has 3 N–H and O–H groups in total. The summed E-state index contributed by atoms with van der Waals surface area (Å²) in [5.74, 6) is -0.0637. The molecule has 0 aliphatic rings. The van der Waals surface area contributed by atoms with Crippen LogP contribution in [0.1, 0.15) is 29.9 Å². The number of benzene rings is 1. The van der Waals surface area contributed by atoms with E-state index in [9.17, 15) is 9.90 Å². The molecule has 2 aromatic heterocycles. The van der Waals surface area contributed by atoms with Gasteiger partial charge in [0.25, 0.3) is 5.91 Å². The van der Waals surface area contributed by atoms with Crippen LogP contribution in [-0.4, -0.2) is 38.3 Å². The van der Waals surface area contributed by atoms with Gasteiger partial charge in [-0.3, -0.25) is 4.79 Å². The largest absolute Gasteiger partial charge is 0.478 e. The van der Waals surface area contributed by atoms with Gasteiger partial charge < -0.3 is 20.1 Å². The van der Waals surface area contributed by atoms with Crippen LogP contribution in [0.4, 0.5) is 0 Å². The van der Waals surface area contributed by atoms with Crippen LogP contribution in [0, 0.1) is 0 Å². The van der Waals surface area contributed by atoms with Gasteiger partial charge in [0.15, 0.2) is 0 Å². The SMILES string of the molecule is CC(O)C(CCOc1cc2ccccc2cn1)n1cnc(C(N)=O)c1. The highest BCUT2D eigenvalue weighted by Gasteiger charge is 2.19. The Hall–Kier alpha value is -2.93. The Morgan fingerprint density at radius 1 is 1.32 bits per heavy atom. The van der Waals surface area contributed by atoms with Gasteiger partial charge in [-0.05, 0) is 12.3 Å². The Kier molecular flexibility index (Phi) is 4.95. The van der Waals surface area contributed by atoms with Gasteiger partial charge in [-0.2, -0.15) is 0 Å². The van der Waals surface area contributed by atoms with Gasteiger partial charge in [0.1, 0.15) is 5.69 Å². The van der Waals surface area contributed by atoms with Crippen LogP contribution < -0.4 is 10.5 Å². The molecule has 3 rings (SSSR count). The lowest BCUT2D eigenvalue weighted by Gasteiger charge is -2.21. The van der Waals surface area contributed by atoms with Crippen molar-refractivity contribution in [2.75, 3.05) is 6.61 Å². The molecule has 7 nitrogen and oxygen atoms in total. The number of pyridine rings is 1. The molecule has 0 bridgehead atoms. The van der Waals surface area contributed by atoms with Crippen molar-refractivity contribution < 1.29 is 14.6 Å². The maximum Gasteiger partial charge on any atom is 0.268 e. The minimum Gasteiger partial charge on any atom is -0.478 e. The van der Waals surface area contributed by atoms with E-state index in [0.717, 1.165) is 10.8 Å². The highest BCUT2D eigenvalue weighted by Crippen LogP contribution is 2.20. The second-order valence-electron chi connectivity index (χ2n) is 5.89. The first-order valence-corrected chi connectivity index (χ1v) is 8.03. The third-order valence-corrected chi connectivity index (χ3v) is 4.06. The summed E-state index contributed by atoms with van der Waals surface area (Å²) in [6.45, 7) is 2.05. The normalized spacial score (nSPS) is 13.5. The summed E-state index contributed by atoms with van der Waals surface area (Å²) in [6.07, 6.45) is 4.69. The van der Waals surface area contributed by atoms with E-state index in [2.05, 4.69) is 9.97 Å². The predicted octanol–water partition coefficient (Wildman–Crippen LogP) is 1.92. The molecule has 0 saturated carbocycles. The van der Waals surface area contributed by atoms with E-state index < -0.39 is 12.0 Å². The van der Waals surface area contributed by atoms with E-state index in [4.69, 9.17) is 10.5 Å². The summed E-state index contributed by atoms with van der Waals surface area (Å²) in [5, 5.41) is 12.1. The van der Waals surface area contributed by atoms with Crippen LogP contribution in [0.15, 0.2) is 49.1 Å². The monoisotopic (exact) mass is 340 g/mol. The van der Waals surface area contributed by atoms with Gasteiger partial charge in [-0.15, -0.1) is 0 Å². The van der Waals surface area contributed by atoms with Crippen molar-refractivity contribution >= 4 is 16.7 Å². The average molecular weight is 340 g/mol. The molecule has 0 saturated heterocycles. The number of nitrogens with two attached hydrogens (primary N) is 1. The molecule has 0 aliphatic heterocycles. The van der Waals surface area contributed by atoms with Crippen molar-refractivity contribution in [1.82, 2.24) is 14.5 Å². The molecule has 2 unspecified atom stereocenters. The third kappa shape index (κ3) is 3.95. The fourth-order valence-corrected chi connectivity index (χ4v) is 2.71. The zero-order valence-electron chi connectivity index (χ0n) is 13.9. The molecule has 0 aliphatic carbocycles. The predicted molar refractivity (Wildman–Crippen MR) is 93.3 cm³/mol. The Morgan fingerprint density at radius 3 is 2.76 bits per heavy atom. The van der Waals surface area contributed by atoms with Crippen LogP contribution in [0.2, 0.25) is 0 Å². The van der Waals surface area contributed by atoms with Gasteiger partial charge in [0.05, 0.1) is 25.1 Å². The molecule has 1 amide bonds. The zero-order valence-corrected chi connectivity index (χ0v) is 13.9. The summed E-state index contributed by atoms with van der Waals surface area (Å²) in [7, 11) is 0. The molecule has 0 radical (unpaired) electrons. The summed E-state index contributed by atoms with van der Waals surface area (Å²) >= 11 is 0. The van der Waals surface area contributed by atoms with E-state index in [1.54, 1.807) is 17.7 Å². The van der Waals surface area contributed by atoms with Crippen LogP contribution >= 0.6 is 0 Å². The van der Waals surface area contributed by atoms with E-state index in [1.807, 2.05) is 30.3 Å². The van der Waals surface area contributed by atoms with Crippen molar-refractivity contribution in [2.24, 2.45) is 5.73 Å². The number of rotatable bonds is 7. The number of primary amides is 1. The number of aromatic nitrogens is 3. The molecule has 1 aromatic carbocycles. The lowest BCUT2D eigenvalue weighted by Crippen LogP contribution is -2.23. The number of imidazole rings is 1. The van der Waals surface area contributed by atoms with Crippen LogP contribution in [0.5, 0.6) is 5.88 Å². The Balaban J connectivity index is 1.65.